The summed E-state index contributed by atoms with van der Waals surface area (Å²) in [6, 6.07) is 6.80. The number of hydrogen-bond donors (Lipinski definition) is 1. The van der Waals surface area contributed by atoms with Gasteiger partial charge in [-0.05, 0) is 36.9 Å². The summed E-state index contributed by atoms with van der Waals surface area (Å²) in [5, 5.41) is 39.4. The van der Waals surface area contributed by atoms with Gasteiger partial charge in [0, 0.05) is 30.0 Å². The molecule has 184 valence electrons. The van der Waals surface area contributed by atoms with Gasteiger partial charge in [-0.15, -0.1) is 0 Å². The molecule has 0 unspecified atom stereocenters. The summed E-state index contributed by atoms with van der Waals surface area (Å²) < 4.78 is 23.6. The Hall–Kier alpha value is -3.98. The summed E-state index contributed by atoms with van der Waals surface area (Å²) in [5.74, 6) is 1.98. The maximum absolute atomic E-state index is 13.7. The van der Waals surface area contributed by atoms with Crippen LogP contribution in [0, 0.1) is 31.2 Å². The van der Waals surface area contributed by atoms with Gasteiger partial charge >= 0.3 is 0 Å². The molecule has 0 aliphatic rings. The Morgan fingerprint density at radius 3 is 2.00 bits per heavy atom. The molecule has 0 saturated carbocycles. The van der Waals surface area contributed by atoms with E-state index in [1.807, 2.05) is 19.9 Å². The Morgan fingerprint density at radius 1 is 0.771 bits per heavy atom. The van der Waals surface area contributed by atoms with Gasteiger partial charge in [-0.3, -0.25) is 0 Å². The maximum Gasteiger partial charge on any atom is 0.298 e. The molecular weight excluding hydrogens is 452 g/mol. The number of rotatable bonds is 6. The largest absolute Gasteiger partial charge is 0.618 e. The molecule has 2 aromatic heterocycles. The summed E-state index contributed by atoms with van der Waals surface area (Å²) in [4.78, 5) is 0. The Morgan fingerprint density at radius 2 is 1.43 bits per heavy atom. The molecular formula is C26H28N2O7. The molecule has 0 radical (unpaired) electrons. The fourth-order valence-corrected chi connectivity index (χ4v) is 4.78. The standard InChI is InChI=1S/C26H28N2O7/c1-13-8-16-9-20(27(30)15(3)22(16)26(35-7)24(13)33-5)23-18-11-21(32-4)14(2)25(34-6)19(18)10-17(12-29)28(23)31/h8-11,29H,12H2,1-7H3. The lowest BCUT2D eigenvalue weighted by Gasteiger charge is -2.18. The molecule has 0 fully saturated rings. The SMILES string of the molecule is COc1cc2c(-c3cc4cc(C)c(OC)c(OC)c4c(C)[n+]3[O-])[n+]([O-])c(CO)cc2c(OC)c1C. The normalized spacial score (nSPS) is 11.2. The van der Waals surface area contributed by atoms with Crippen LogP contribution < -0.4 is 28.4 Å². The van der Waals surface area contributed by atoms with E-state index in [1.54, 1.807) is 32.2 Å². The van der Waals surface area contributed by atoms with Gasteiger partial charge in [-0.25, -0.2) is 0 Å². The number of hydrogen-bond acceptors (Lipinski definition) is 7. The van der Waals surface area contributed by atoms with E-state index in [0.717, 1.165) is 11.1 Å². The van der Waals surface area contributed by atoms with Crippen molar-refractivity contribution in [3.8, 4) is 34.4 Å². The van der Waals surface area contributed by atoms with Gasteiger partial charge < -0.3 is 34.5 Å². The zero-order chi connectivity index (χ0) is 25.6. The molecule has 4 rings (SSSR count). The maximum atomic E-state index is 13.7. The van der Waals surface area contributed by atoms with E-state index in [0.29, 0.717) is 59.7 Å². The Balaban J connectivity index is 2.22. The van der Waals surface area contributed by atoms with Gasteiger partial charge in [-0.2, -0.15) is 9.46 Å². The number of ether oxygens (including phenoxy) is 4. The first-order valence-corrected chi connectivity index (χ1v) is 10.9. The van der Waals surface area contributed by atoms with Crippen LogP contribution in [0.25, 0.3) is 32.9 Å². The van der Waals surface area contributed by atoms with Crippen LogP contribution in [0.2, 0.25) is 0 Å². The summed E-state index contributed by atoms with van der Waals surface area (Å²) in [7, 11) is 6.11. The smallest absolute Gasteiger partial charge is 0.298 e. The van der Waals surface area contributed by atoms with Crippen LogP contribution in [0.5, 0.6) is 23.0 Å². The fourth-order valence-electron chi connectivity index (χ4n) is 4.78. The van der Waals surface area contributed by atoms with Gasteiger partial charge in [-0.1, -0.05) is 0 Å². The van der Waals surface area contributed by atoms with Crippen molar-refractivity contribution < 1.29 is 33.5 Å². The molecule has 0 amide bonds. The Kier molecular flexibility index (Phi) is 6.21. The van der Waals surface area contributed by atoms with Crippen LogP contribution in [0.4, 0.5) is 0 Å². The highest BCUT2D eigenvalue weighted by atomic mass is 16.5. The first-order valence-electron chi connectivity index (χ1n) is 10.9. The second-order valence-corrected chi connectivity index (χ2v) is 8.27. The summed E-state index contributed by atoms with van der Waals surface area (Å²) in [5.41, 5.74) is 2.16. The van der Waals surface area contributed by atoms with Gasteiger partial charge in [0.1, 0.15) is 18.1 Å². The second-order valence-electron chi connectivity index (χ2n) is 8.27. The van der Waals surface area contributed by atoms with Crippen molar-refractivity contribution in [3.05, 3.63) is 57.2 Å². The number of pyridine rings is 2. The van der Waals surface area contributed by atoms with Crippen LogP contribution >= 0.6 is 0 Å². The second kappa shape index (κ2) is 8.99. The molecule has 0 spiro atoms. The van der Waals surface area contributed by atoms with Crippen molar-refractivity contribution in [1.82, 2.24) is 0 Å². The zero-order valence-corrected chi connectivity index (χ0v) is 20.8. The minimum Gasteiger partial charge on any atom is -0.618 e. The van der Waals surface area contributed by atoms with Crippen LogP contribution in [0.1, 0.15) is 22.5 Å². The molecule has 2 aromatic carbocycles. The third kappa shape index (κ3) is 3.50. The first kappa shape index (κ1) is 24.2. The van der Waals surface area contributed by atoms with Gasteiger partial charge in [0.05, 0.1) is 39.2 Å². The van der Waals surface area contributed by atoms with Crippen molar-refractivity contribution in [2.75, 3.05) is 28.4 Å². The topological polar surface area (TPSA) is 111 Å². The molecule has 1 N–H and O–H groups in total. The number of aliphatic hydroxyl groups is 1. The average Bonchev–Trinajstić information content (AvgIpc) is 2.85. The number of benzene rings is 2. The van der Waals surface area contributed by atoms with Crippen molar-refractivity contribution in [1.29, 1.82) is 0 Å². The lowest BCUT2D eigenvalue weighted by atomic mass is 9.98. The van der Waals surface area contributed by atoms with Crippen LogP contribution in [-0.2, 0) is 6.61 Å². The summed E-state index contributed by atoms with van der Waals surface area (Å²) in [6.45, 7) is 4.86. The molecule has 0 saturated heterocycles. The van der Waals surface area contributed by atoms with Gasteiger partial charge in [0.25, 0.3) is 11.4 Å². The van der Waals surface area contributed by atoms with E-state index >= 15 is 0 Å². The number of methoxy groups -OCH3 is 4. The number of fused-ring (bicyclic) bond motifs is 2. The van der Waals surface area contributed by atoms with Gasteiger partial charge in [0.15, 0.2) is 11.5 Å². The Bertz CT molecular complexity index is 1480. The molecule has 9 nitrogen and oxygen atoms in total. The van der Waals surface area contributed by atoms with E-state index in [2.05, 4.69) is 0 Å². The summed E-state index contributed by atoms with van der Waals surface area (Å²) >= 11 is 0. The van der Waals surface area contributed by atoms with Crippen LogP contribution in [0.15, 0.2) is 24.3 Å². The minimum absolute atomic E-state index is 0.0792. The quantitative estimate of drug-likeness (QED) is 0.333. The highest BCUT2D eigenvalue weighted by Crippen LogP contribution is 2.42. The van der Waals surface area contributed by atoms with Crippen molar-refractivity contribution in [3.63, 3.8) is 0 Å². The Labute approximate surface area is 202 Å². The predicted octanol–water partition coefficient (Wildman–Crippen LogP) is 3.38. The van der Waals surface area contributed by atoms with Crippen LogP contribution in [0.3, 0.4) is 0 Å². The molecule has 2 heterocycles. The molecule has 0 atom stereocenters. The highest BCUT2D eigenvalue weighted by Gasteiger charge is 2.31. The monoisotopic (exact) mass is 480 g/mol. The van der Waals surface area contributed by atoms with E-state index in [-0.39, 0.29) is 17.1 Å². The van der Waals surface area contributed by atoms with Crippen molar-refractivity contribution in [2.45, 2.75) is 27.4 Å². The fraction of sp³-hybridized carbons (Fsp3) is 0.308. The average molecular weight is 481 g/mol. The molecule has 4 aromatic rings. The minimum atomic E-state index is -0.518. The molecule has 0 aliphatic carbocycles. The number of aromatic nitrogens is 2. The highest BCUT2D eigenvalue weighted by molar-refractivity contribution is 6.00. The van der Waals surface area contributed by atoms with Crippen molar-refractivity contribution in [2.24, 2.45) is 0 Å². The first-order chi connectivity index (χ1) is 16.7. The van der Waals surface area contributed by atoms with E-state index in [1.165, 1.54) is 21.3 Å². The van der Waals surface area contributed by atoms with Crippen LogP contribution in [-0.4, -0.2) is 33.5 Å². The van der Waals surface area contributed by atoms with E-state index in [9.17, 15) is 15.5 Å². The zero-order valence-electron chi connectivity index (χ0n) is 20.8. The lowest BCUT2D eigenvalue weighted by molar-refractivity contribution is -0.632. The third-order valence-corrected chi connectivity index (χ3v) is 6.42. The third-order valence-electron chi connectivity index (χ3n) is 6.42. The molecule has 35 heavy (non-hydrogen) atoms. The van der Waals surface area contributed by atoms with Gasteiger partial charge in [0.2, 0.25) is 11.4 Å². The van der Waals surface area contributed by atoms with Crippen molar-refractivity contribution >= 4 is 21.5 Å². The molecule has 0 bridgehead atoms. The van der Waals surface area contributed by atoms with E-state index < -0.39 is 6.61 Å². The summed E-state index contributed by atoms with van der Waals surface area (Å²) in [6.07, 6.45) is 0. The lowest BCUT2D eigenvalue weighted by Crippen LogP contribution is -2.41. The van der Waals surface area contributed by atoms with E-state index in [4.69, 9.17) is 18.9 Å². The molecule has 9 heteroatoms. The predicted molar refractivity (Wildman–Crippen MR) is 131 cm³/mol. The number of nitrogens with zero attached hydrogens (tertiary/aromatic N) is 2. The number of aryl methyl sites for hydroxylation is 2. The molecule has 0 aliphatic heterocycles. The number of aliphatic hydroxyl groups excluding tert-OH is 1.